The van der Waals surface area contributed by atoms with E-state index in [1.54, 1.807) is 14.2 Å². The van der Waals surface area contributed by atoms with Crippen molar-refractivity contribution < 1.29 is 9.47 Å². The summed E-state index contributed by atoms with van der Waals surface area (Å²) >= 11 is 1.93. The SMILES string of the molecule is COc1cc(OC)cc(C2NCC(C)S2)c1. The molecule has 1 aromatic carbocycles. The lowest BCUT2D eigenvalue weighted by atomic mass is 10.2. The minimum absolute atomic E-state index is 0.346. The fraction of sp³-hybridized carbons (Fsp3) is 0.500. The van der Waals surface area contributed by atoms with Crippen LogP contribution in [0, 0.1) is 0 Å². The lowest BCUT2D eigenvalue weighted by molar-refractivity contribution is 0.393. The summed E-state index contributed by atoms with van der Waals surface area (Å²) in [6.45, 7) is 3.28. The fourth-order valence-electron chi connectivity index (χ4n) is 1.78. The van der Waals surface area contributed by atoms with Gasteiger partial charge in [0, 0.05) is 17.9 Å². The van der Waals surface area contributed by atoms with Gasteiger partial charge in [-0.15, -0.1) is 11.8 Å². The van der Waals surface area contributed by atoms with Crippen molar-refractivity contribution in [1.82, 2.24) is 5.32 Å². The van der Waals surface area contributed by atoms with Crippen LogP contribution < -0.4 is 14.8 Å². The molecular weight excluding hydrogens is 222 g/mol. The van der Waals surface area contributed by atoms with Crippen LogP contribution in [0.1, 0.15) is 17.9 Å². The van der Waals surface area contributed by atoms with Crippen LogP contribution in [0.4, 0.5) is 0 Å². The van der Waals surface area contributed by atoms with Crippen molar-refractivity contribution in [2.45, 2.75) is 17.5 Å². The quantitative estimate of drug-likeness (QED) is 0.877. The minimum atomic E-state index is 0.346. The summed E-state index contributed by atoms with van der Waals surface area (Å²) in [4.78, 5) is 0. The predicted octanol–water partition coefficient (Wildman–Crippen LogP) is 2.43. The largest absolute Gasteiger partial charge is 0.497 e. The van der Waals surface area contributed by atoms with E-state index in [-0.39, 0.29) is 0 Å². The summed E-state index contributed by atoms with van der Waals surface area (Å²) < 4.78 is 10.5. The van der Waals surface area contributed by atoms with Gasteiger partial charge < -0.3 is 14.8 Å². The maximum absolute atomic E-state index is 5.27. The van der Waals surface area contributed by atoms with Crippen molar-refractivity contribution >= 4 is 11.8 Å². The van der Waals surface area contributed by atoms with E-state index in [0.717, 1.165) is 18.0 Å². The highest BCUT2D eigenvalue weighted by Gasteiger charge is 2.23. The zero-order valence-corrected chi connectivity index (χ0v) is 10.6. The first-order valence-corrected chi connectivity index (χ1v) is 6.29. The number of nitrogens with one attached hydrogen (secondary N) is 1. The molecule has 0 amide bonds. The Balaban J connectivity index is 2.25. The van der Waals surface area contributed by atoms with Gasteiger partial charge in [0.1, 0.15) is 11.5 Å². The van der Waals surface area contributed by atoms with Gasteiger partial charge in [0.2, 0.25) is 0 Å². The van der Waals surface area contributed by atoms with E-state index < -0.39 is 0 Å². The number of thioether (sulfide) groups is 1. The Morgan fingerprint density at radius 1 is 1.19 bits per heavy atom. The Labute approximate surface area is 101 Å². The summed E-state index contributed by atoms with van der Waals surface area (Å²) in [7, 11) is 3.35. The van der Waals surface area contributed by atoms with Gasteiger partial charge >= 0.3 is 0 Å². The van der Waals surface area contributed by atoms with Gasteiger partial charge in [0.05, 0.1) is 19.6 Å². The second kappa shape index (κ2) is 4.97. The Hall–Kier alpha value is -0.870. The smallest absolute Gasteiger partial charge is 0.122 e. The zero-order chi connectivity index (χ0) is 11.5. The van der Waals surface area contributed by atoms with Crippen LogP contribution in [-0.4, -0.2) is 26.0 Å². The monoisotopic (exact) mass is 239 g/mol. The molecule has 0 spiro atoms. The third-order valence-corrected chi connectivity index (χ3v) is 3.98. The Morgan fingerprint density at radius 2 is 1.81 bits per heavy atom. The van der Waals surface area contributed by atoms with E-state index in [4.69, 9.17) is 9.47 Å². The van der Waals surface area contributed by atoms with Crippen LogP contribution in [0.25, 0.3) is 0 Å². The number of hydrogen-bond acceptors (Lipinski definition) is 4. The van der Waals surface area contributed by atoms with Crippen molar-refractivity contribution in [3.05, 3.63) is 23.8 Å². The van der Waals surface area contributed by atoms with Crippen molar-refractivity contribution in [2.24, 2.45) is 0 Å². The topological polar surface area (TPSA) is 30.5 Å². The Morgan fingerprint density at radius 3 is 2.25 bits per heavy atom. The minimum Gasteiger partial charge on any atom is -0.497 e. The van der Waals surface area contributed by atoms with Gasteiger partial charge in [0.25, 0.3) is 0 Å². The zero-order valence-electron chi connectivity index (χ0n) is 9.82. The molecule has 0 saturated carbocycles. The van der Waals surface area contributed by atoms with Crippen LogP contribution in [-0.2, 0) is 0 Å². The molecule has 0 bridgehead atoms. The number of benzene rings is 1. The molecule has 2 rings (SSSR count). The molecule has 1 saturated heterocycles. The maximum atomic E-state index is 5.27. The number of rotatable bonds is 3. The first-order valence-electron chi connectivity index (χ1n) is 5.34. The molecule has 1 aromatic rings. The van der Waals surface area contributed by atoms with Gasteiger partial charge in [-0.2, -0.15) is 0 Å². The molecule has 2 atom stereocenters. The van der Waals surface area contributed by atoms with Crippen LogP contribution >= 0.6 is 11.8 Å². The first-order chi connectivity index (χ1) is 7.72. The molecule has 0 aromatic heterocycles. The highest BCUT2D eigenvalue weighted by Crippen LogP contribution is 2.37. The van der Waals surface area contributed by atoms with Gasteiger partial charge in [-0.25, -0.2) is 0 Å². The van der Waals surface area contributed by atoms with Crippen LogP contribution in [0.2, 0.25) is 0 Å². The molecule has 0 aliphatic carbocycles. The third-order valence-electron chi connectivity index (χ3n) is 2.64. The van der Waals surface area contributed by atoms with Crippen molar-refractivity contribution in [3.8, 4) is 11.5 Å². The van der Waals surface area contributed by atoms with Crippen LogP contribution in [0.5, 0.6) is 11.5 Å². The lowest BCUT2D eigenvalue weighted by Gasteiger charge is -2.13. The number of hydrogen-bond donors (Lipinski definition) is 1. The molecule has 1 N–H and O–H groups in total. The standard InChI is InChI=1S/C12H17NO2S/c1-8-7-13-12(16-8)9-4-10(14-2)6-11(5-9)15-3/h4-6,8,12-13H,7H2,1-3H3. The van der Waals surface area contributed by atoms with Crippen molar-refractivity contribution in [3.63, 3.8) is 0 Å². The number of methoxy groups -OCH3 is 2. The normalized spacial score (nSPS) is 24.4. The average Bonchev–Trinajstić information content (AvgIpc) is 2.75. The lowest BCUT2D eigenvalue weighted by Crippen LogP contribution is -2.14. The van der Waals surface area contributed by atoms with Crippen LogP contribution in [0.15, 0.2) is 18.2 Å². The number of ether oxygens (including phenoxy) is 2. The molecule has 16 heavy (non-hydrogen) atoms. The molecule has 0 radical (unpaired) electrons. The van der Waals surface area contributed by atoms with Crippen molar-refractivity contribution in [1.29, 1.82) is 0 Å². The molecule has 1 aliphatic rings. The van der Waals surface area contributed by atoms with E-state index in [1.807, 2.05) is 17.8 Å². The van der Waals surface area contributed by atoms with Crippen molar-refractivity contribution in [2.75, 3.05) is 20.8 Å². The highest BCUT2D eigenvalue weighted by molar-refractivity contribution is 8.00. The summed E-state index contributed by atoms with van der Waals surface area (Å²) in [6.07, 6.45) is 0. The summed E-state index contributed by atoms with van der Waals surface area (Å²) in [6, 6.07) is 6.02. The van der Waals surface area contributed by atoms with E-state index in [2.05, 4.69) is 24.4 Å². The fourth-order valence-corrected chi connectivity index (χ4v) is 2.92. The molecule has 4 heteroatoms. The highest BCUT2D eigenvalue weighted by atomic mass is 32.2. The summed E-state index contributed by atoms with van der Waals surface area (Å²) in [5.74, 6) is 1.69. The van der Waals surface area contributed by atoms with Gasteiger partial charge in [0.15, 0.2) is 0 Å². The molecule has 3 nitrogen and oxygen atoms in total. The van der Waals surface area contributed by atoms with Gasteiger partial charge in [-0.1, -0.05) is 6.92 Å². The molecule has 88 valence electrons. The van der Waals surface area contributed by atoms with E-state index in [1.165, 1.54) is 5.56 Å². The average molecular weight is 239 g/mol. The van der Waals surface area contributed by atoms with Gasteiger partial charge in [-0.05, 0) is 17.7 Å². The first kappa shape index (κ1) is 11.6. The molecule has 2 unspecified atom stereocenters. The van der Waals surface area contributed by atoms with Crippen LogP contribution in [0.3, 0.4) is 0 Å². The predicted molar refractivity (Wildman–Crippen MR) is 67.3 cm³/mol. The van der Waals surface area contributed by atoms with E-state index >= 15 is 0 Å². The molecule has 1 aliphatic heterocycles. The van der Waals surface area contributed by atoms with E-state index in [9.17, 15) is 0 Å². The second-order valence-electron chi connectivity index (χ2n) is 3.88. The molecule has 1 fully saturated rings. The maximum Gasteiger partial charge on any atom is 0.122 e. The Kier molecular flexibility index (Phi) is 3.61. The summed E-state index contributed by atoms with van der Waals surface area (Å²) in [5, 5.41) is 4.48. The molecular formula is C12H17NO2S. The molecule has 1 heterocycles. The third kappa shape index (κ3) is 2.44. The van der Waals surface area contributed by atoms with E-state index in [0.29, 0.717) is 10.6 Å². The van der Waals surface area contributed by atoms with Gasteiger partial charge in [-0.3, -0.25) is 0 Å². The summed E-state index contributed by atoms with van der Waals surface area (Å²) in [5.41, 5.74) is 1.21. The Bertz CT molecular complexity index is 348. The second-order valence-corrected chi connectivity index (χ2v) is 5.43.